The SMILES string of the molecule is CCN(C)c1ccc(OC)c(OC)c1.Cl. The van der Waals surface area contributed by atoms with Crippen molar-refractivity contribution >= 4 is 18.1 Å². The molecule has 0 fully saturated rings. The fourth-order valence-electron chi connectivity index (χ4n) is 1.24. The van der Waals surface area contributed by atoms with Crippen LogP contribution in [0.3, 0.4) is 0 Å². The third-order valence-corrected chi connectivity index (χ3v) is 2.28. The van der Waals surface area contributed by atoms with Gasteiger partial charge in [-0.3, -0.25) is 0 Å². The lowest BCUT2D eigenvalue weighted by atomic mass is 10.2. The van der Waals surface area contributed by atoms with Crippen molar-refractivity contribution in [3.8, 4) is 11.5 Å². The van der Waals surface area contributed by atoms with Crippen LogP contribution in [0.4, 0.5) is 5.69 Å². The highest BCUT2D eigenvalue weighted by Gasteiger charge is 2.05. The van der Waals surface area contributed by atoms with Crippen molar-refractivity contribution in [1.29, 1.82) is 0 Å². The van der Waals surface area contributed by atoms with Crippen LogP contribution in [0.1, 0.15) is 6.92 Å². The van der Waals surface area contributed by atoms with Crippen LogP contribution in [0.15, 0.2) is 18.2 Å². The smallest absolute Gasteiger partial charge is 0.162 e. The molecule has 0 atom stereocenters. The number of ether oxygens (including phenoxy) is 2. The Hall–Kier alpha value is -1.09. The number of halogens is 1. The molecule has 0 radical (unpaired) electrons. The molecule has 0 spiro atoms. The van der Waals surface area contributed by atoms with Gasteiger partial charge in [0.15, 0.2) is 11.5 Å². The van der Waals surface area contributed by atoms with Crippen molar-refractivity contribution in [3.63, 3.8) is 0 Å². The van der Waals surface area contributed by atoms with E-state index < -0.39 is 0 Å². The molecule has 4 heteroatoms. The molecule has 0 aliphatic carbocycles. The number of methoxy groups -OCH3 is 2. The Labute approximate surface area is 97.4 Å². The zero-order valence-corrected chi connectivity index (χ0v) is 10.4. The highest BCUT2D eigenvalue weighted by Crippen LogP contribution is 2.30. The number of hydrogen-bond donors (Lipinski definition) is 0. The molecule has 3 nitrogen and oxygen atoms in total. The lowest BCUT2D eigenvalue weighted by Crippen LogP contribution is -2.15. The van der Waals surface area contributed by atoms with Crippen LogP contribution in [0.25, 0.3) is 0 Å². The number of anilines is 1. The van der Waals surface area contributed by atoms with Crippen LogP contribution in [-0.2, 0) is 0 Å². The Morgan fingerprint density at radius 1 is 1.13 bits per heavy atom. The quantitative estimate of drug-likeness (QED) is 0.795. The van der Waals surface area contributed by atoms with Crippen molar-refractivity contribution in [2.24, 2.45) is 0 Å². The summed E-state index contributed by atoms with van der Waals surface area (Å²) < 4.78 is 10.4. The molecule has 1 aromatic rings. The van der Waals surface area contributed by atoms with Crippen LogP contribution < -0.4 is 14.4 Å². The van der Waals surface area contributed by atoms with Gasteiger partial charge in [0.05, 0.1) is 14.2 Å². The number of rotatable bonds is 4. The Kier molecular flexibility index (Phi) is 5.94. The second kappa shape index (κ2) is 6.40. The first kappa shape index (κ1) is 13.9. The lowest BCUT2D eigenvalue weighted by Gasteiger charge is -2.18. The van der Waals surface area contributed by atoms with E-state index >= 15 is 0 Å². The van der Waals surface area contributed by atoms with E-state index in [1.165, 1.54) is 0 Å². The largest absolute Gasteiger partial charge is 0.493 e. The zero-order chi connectivity index (χ0) is 10.6. The van der Waals surface area contributed by atoms with E-state index in [1.54, 1.807) is 14.2 Å². The summed E-state index contributed by atoms with van der Waals surface area (Å²) in [4.78, 5) is 2.14. The first-order valence-corrected chi connectivity index (χ1v) is 4.66. The molecular weight excluding hydrogens is 214 g/mol. The summed E-state index contributed by atoms with van der Waals surface area (Å²) in [7, 11) is 5.33. The fraction of sp³-hybridized carbons (Fsp3) is 0.455. The molecular formula is C11H18ClNO2. The monoisotopic (exact) mass is 231 g/mol. The molecule has 0 amide bonds. The van der Waals surface area contributed by atoms with E-state index in [4.69, 9.17) is 9.47 Å². The van der Waals surface area contributed by atoms with E-state index in [-0.39, 0.29) is 12.4 Å². The van der Waals surface area contributed by atoms with Gasteiger partial charge in [-0.2, -0.15) is 0 Å². The van der Waals surface area contributed by atoms with Gasteiger partial charge in [-0.1, -0.05) is 0 Å². The average molecular weight is 232 g/mol. The minimum absolute atomic E-state index is 0. The van der Waals surface area contributed by atoms with Crippen LogP contribution in [0.2, 0.25) is 0 Å². The predicted octanol–water partition coefficient (Wildman–Crippen LogP) is 2.58. The topological polar surface area (TPSA) is 21.7 Å². The van der Waals surface area contributed by atoms with Crippen molar-refractivity contribution in [3.05, 3.63) is 18.2 Å². The molecule has 0 heterocycles. The molecule has 0 aliphatic heterocycles. The molecule has 0 N–H and O–H groups in total. The molecule has 0 saturated carbocycles. The van der Waals surface area contributed by atoms with Gasteiger partial charge in [-0.05, 0) is 19.1 Å². The van der Waals surface area contributed by atoms with Crippen LogP contribution in [0, 0.1) is 0 Å². The van der Waals surface area contributed by atoms with Gasteiger partial charge in [0.2, 0.25) is 0 Å². The summed E-state index contributed by atoms with van der Waals surface area (Å²) >= 11 is 0. The summed E-state index contributed by atoms with van der Waals surface area (Å²) in [6.07, 6.45) is 0. The van der Waals surface area contributed by atoms with Crippen molar-refractivity contribution in [2.45, 2.75) is 6.92 Å². The Morgan fingerprint density at radius 2 is 1.73 bits per heavy atom. The molecule has 1 aromatic carbocycles. The standard InChI is InChI=1S/C11H17NO2.ClH/c1-5-12(2)9-6-7-10(13-3)11(8-9)14-4;/h6-8H,5H2,1-4H3;1H. The lowest BCUT2D eigenvalue weighted by molar-refractivity contribution is 0.355. The van der Waals surface area contributed by atoms with E-state index in [2.05, 4.69) is 11.8 Å². The maximum absolute atomic E-state index is 5.22. The Bertz CT molecular complexity index is 305. The molecule has 86 valence electrons. The minimum Gasteiger partial charge on any atom is -0.493 e. The zero-order valence-electron chi connectivity index (χ0n) is 9.61. The summed E-state index contributed by atoms with van der Waals surface area (Å²) in [6.45, 7) is 3.08. The van der Waals surface area contributed by atoms with Gasteiger partial charge < -0.3 is 14.4 Å². The van der Waals surface area contributed by atoms with Crippen LogP contribution >= 0.6 is 12.4 Å². The summed E-state index contributed by atoms with van der Waals surface area (Å²) in [6, 6.07) is 5.91. The molecule has 0 saturated heterocycles. The van der Waals surface area contributed by atoms with Gasteiger partial charge in [-0.25, -0.2) is 0 Å². The first-order chi connectivity index (χ1) is 6.72. The number of benzene rings is 1. The highest BCUT2D eigenvalue weighted by atomic mass is 35.5. The second-order valence-corrected chi connectivity index (χ2v) is 3.05. The normalized spacial score (nSPS) is 9.07. The molecule has 0 bridgehead atoms. The molecule has 15 heavy (non-hydrogen) atoms. The number of nitrogens with zero attached hydrogens (tertiary/aromatic N) is 1. The van der Waals surface area contributed by atoms with E-state index in [1.807, 2.05) is 25.2 Å². The number of hydrogen-bond acceptors (Lipinski definition) is 3. The van der Waals surface area contributed by atoms with Gasteiger partial charge in [0, 0.05) is 25.3 Å². The molecule has 0 aromatic heterocycles. The Morgan fingerprint density at radius 3 is 2.20 bits per heavy atom. The van der Waals surface area contributed by atoms with Crippen molar-refractivity contribution < 1.29 is 9.47 Å². The summed E-state index contributed by atoms with van der Waals surface area (Å²) in [5.41, 5.74) is 1.13. The summed E-state index contributed by atoms with van der Waals surface area (Å²) in [5, 5.41) is 0. The van der Waals surface area contributed by atoms with Gasteiger partial charge in [-0.15, -0.1) is 12.4 Å². The van der Waals surface area contributed by atoms with E-state index in [9.17, 15) is 0 Å². The molecule has 1 rings (SSSR count). The van der Waals surface area contributed by atoms with Crippen LogP contribution in [-0.4, -0.2) is 27.8 Å². The van der Waals surface area contributed by atoms with Crippen LogP contribution in [0.5, 0.6) is 11.5 Å². The third-order valence-electron chi connectivity index (χ3n) is 2.28. The van der Waals surface area contributed by atoms with Gasteiger partial charge >= 0.3 is 0 Å². The first-order valence-electron chi connectivity index (χ1n) is 4.66. The van der Waals surface area contributed by atoms with E-state index in [0.717, 1.165) is 23.7 Å². The fourth-order valence-corrected chi connectivity index (χ4v) is 1.24. The van der Waals surface area contributed by atoms with Gasteiger partial charge in [0.25, 0.3) is 0 Å². The summed E-state index contributed by atoms with van der Waals surface area (Å²) in [5.74, 6) is 1.53. The third kappa shape index (κ3) is 3.20. The average Bonchev–Trinajstić information content (AvgIpc) is 2.26. The minimum atomic E-state index is 0. The van der Waals surface area contributed by atoms with Crippen molar-refractivity contribution in [1.82, 2.24) is 0 Å². The predicted molar refractivity (Wildman–Crippen MR) is 65.7 cm³/mol. The maximum Gasteiger partial charge on any atom is 0.162 e. The molecule has 0 aliphatic rings. The van der Waals surface area contributed by atoms with Gasteiger partial charge in [0.1, 0.15) is 0 Å². The second-order valence-electron chi connectivity index (χ2n) is 3.05. The Balaban J connectivity index is 0.00000196. The highest BCUT2D eigenvalue weighted by molar-refractivity contribution is 5.85. The van der Waals surface area contributed by atoms with E-state index in [0.29, 0.717) is 0 Å². The van der Waals surface area contributed by atoms with Crippen molar-refractivity contribution in [2.75, 3.05) is 32.7 Å². The maximum atomic E-state index is 5.22. The molecule has 0 unspecified atom stereocenters.